The molecule has 0 N–H and O–H groups in total. The largest absolute Gasteiger partial charge is 0.494 e. The maximum absolute atomic E-state index is 5.42. The van der Waals surface area contributed by atoms with E-state index in [0.29, 0.717) is 12.6 Å². The van der Waals surface area contributed by atoms with Crippen molar-refractivity contribution in [3.8, 4) is 5.75 Å². The lowest BCUT2D eigenvalue weighted by molar-refractivity contribution is 0.340. The van der Waals surface area contributed by atoms with Gasteiger partial charge >= 0.3 is 0 Å². The normalized spacial score (nSPS) is 11.3. The van der Waals surface area contributed by atoms with E-state index < -0.39 is 0 Å². The van der Waals surface area contributed by atoms with Gasteiger partial charge in [0.2, 0.25) is 5.95 Å². The summed E-state index contributed by atoms with van der Waals surface area (Å²) in [7, 11) is 1.97. The highest BCUT2D eigenvalue weighted by Gasteiger charge is 2.04. The predicted molar refractivity (Wildman–Crippen MR) is 85.6 cm³/mol. The molecule has 1 aromatic heterocycles. The molecule has 4 nitrogen and oxygen atoms in total. The van der Waals surface area contributed by atoms with Gasteiger partial charge in [0.05, 0.1) is 17.6 Å². The fourth-order valence-electron chi connectivity index (χ4n) is 2.20. The van der Waals surface area contributed by atoms with Gasteiger partial charge in [0.25, 0.3) is 0 Å². The summed E-state index contributed by atoms with van der Waals surface area (Å²) in [6.07, 6.45) is 1.82. The van der Waals surface area contributed by atoms with Gasteiger partial charge in [0, 0.05) is 13.3 Å². The summed E-state index contributed by atoms with van der Waals surface area (Å²) in [5, 5.41) is 0. The standard InChI is InChI=1S/C17H17N3O/c1-3-21-14-10-8-13(9-11-14)12-18-17-19-15-6-4-5-7-16(15)20(17)2/h4-12H,3H2,1-2H3/b18-12+. The van der Waals surface area contributed by atoms with Gasteiger partial charge in [0.1, 0.15) is 5.75 Å². The Kier molecular flexibility index (Phi) is 3.69. The number of hydrogen-bond acceptors (Lipinski definition) is 3. The van der Waals surface area contributed by atoms with Gasteiger partial charge in [-0.3, -0.25) is 0 Å². The topological polar surface area (TPSA) is 39.4 Å². The first-order valence-electron chi connectivity index (χ1n) is 6.96. The van der Waals surface area contributed by atoms with Crippen molar-refractivity contribution < 1.29 is 4.74 Å². The number of fused-ring (bicyclic) bond motifs is 1. The second-order valence-corrected chi connectivity index (χ2v) is 4.72. The van der Waals surface area contributed by atoms with E-state index in [9.17, 15) is 0 Å². The van der Waals surface area contributed by atoms with Crippen LogP contribution in [0.3, 0.4) is 0 Å². The van der Waals surface area contributed by atoms with Crippen molar-refractivity contribution in [2.24, 2.45) is 12.0 Å². The zero-order chi connectivity index (χ0) is 14.7. The Balaban J connectivity index is 1.85. The van der Waals surface area contributed by atoms with Gasteiger partial charge in [-0.15, -0.1) is 0 Å². The maximum Gasteiger partial charge on any atom is 0.230 e. The molecule has 0 aliphatic carbocycles. The molecule has 0 spiro atoms. The van der Waals surface area contributed by atoms with Gasteiger partial charge in [-0.2, -0.15) is 0 Å². The van der Waals surface area contributed by atoms with Crippen LogP contribution < -0.4 is 4.74 Å². The number of aromatic nitrogens is 2. The SMILES string of the molecule is CCOc1ccc(/C=N/c2nc3ccccc3n2C)cc1. The molecule has 1 heterocycles. The number of rotatable bonds is 4. The number of nitrogens with zero attached hydrogens (tertiary/aromatic N) is 3. The van der Waals surface area contributed by atoms with Gasteiger partial charge in [-0.05, 0) is 48.9 Å². The van der Waals surface area contributed by atoms with Crippen LogP contribution >= 0.6 is 0 Å². The van der Waals surface area contributed by atoms with E-state index in [2.05, 4.69) is 9.98 Å². The number of aliphatic imine (C=N–C) groups is 1. The molecule has 106 valence electrons. The van der Waals surface area contributed by atoms with Gasteiger partial charge in [-0.25, -0.2) is 9.98 Å². The predicted octanol–water partition coefficient (Wildman–Crippen LogP) is 3.72. The minimum Gasteiger partial charge on any atom is -0.494 e. The van der Waals surface area contributed by atoms with Crippen LogP contribution in [0.25, 0.3) is 11.0 Å². The van der Waals surface area contributed by atoms with Crippen LogP contribution in [0.1, 0.15) is 12.5 Å². The second kappa shape index (κ2) is 5.79. The molecule has 0 unspecified atom stereocenters. The fraction of sp³-hybridized carbons (Fsp3) is 0.176. The number of ether oxygens (including phenoxy) is 1. The van der Waals surface area contributed by atoms with E-state index in [1.807, 2.05) is 73.3 Å². The van der Waals surface area contributed by atoms with Crippen LogP contribution in [-0.2, 0) is 7.05 Å². The van der Waals surface area contributed by atoms with Gasteiger partial charge < -0.3 is 9.30 Å². The molecule has 21 heavy (non-hydrogen) atoms. The molecule has 0 saturated heterocycles. The number of benzene rings is 2. The monoisotopic (exact) mass is 279 g/mol. The Morgan fingerprint density at radius 1 is 1.14 bits per heavy atom. The maximum atomic E-state index is 5.42. The van der Waals surface area contributed by atoms with E-state index in [1.54, 1.807) is 0 Å². The highest BCUT2D eigenvalue weighted by Crippen LogP contribution is 2.19. The third kappa shape index (κ3) is 2.79. The quantitative estimate of drug-likeness (QED) is 0.683. The van der Waals surface area contributed by atoms with E-state index in [-0.39, 0.29) is 0 Å². The third-order valence-electron chi connectivity index (χ3n) is 3.28. The van der Waals surface area contributed by atoms with Crippen LogP contribution in [-0.4, -0.2) is 22.4 Å². The van der Waals surface area contributed by atoms with Crippen LogP contribution in [0.4, 0.5) is 5.95 Å². The Morgan fingerprint density at radius 3 is 2.62 bits per heavy atom. The number of hydrogen-bond donors (Lipinski definition) is 0. The Bertz CT molecular complexity index is 772. The van der Waals surface area contributed by atoms with Crippen LogP contribution in [0.15, 0.2) is 53.5 Å². The molecular weight excluding hydrogens is 262 g/mol. The molecule has 2 aromatic carbocycles. The van der Waals surface area contributed by atoms with Crippen molar-refractivity contribution in [2.75, 3.05) is 6.61 Å². The summed E-state index contributed by atoms with van der Waals surface area (Å²) in [5.74, 6) is 1.57. The first-order chi connectivity index (χ1) is 10.3. The molecule has 3 aromatic rings. The van der Waals surface area contributed by atoms with Crippen molar-refractivity contribution in [3.05, 3.63) is 54.1 Å². The fourth-order valence-corrected chi connectivity index (χ4v) is 2.20. The highest BCUT2D eigenvalue weighted by atomic mass is 16.5. The molecule has 4 heteroatoms. The average molecular weight is 279 g/mol. The summed E-state index contributed by atoms with van der Waals surface area (Å²) in [5.41, 5.74) is 3.06. The minimum absolute atomic E-state index is 0.674. The molecule has 0 radical (unpaired) electrons. The first-order valence-corrected chi connectivity index (χ1v) is 6.96. The molecular formula is C17H17N3O. The number of aryl methyl sites for hydroxylation is 1. The summed E-state index contributed by atoms with van der Waals surface area (Å²) in [6, 6.07) is 15.9. The van der Waals surface area contributed by atoms with Crippen molar-refractivity contribution in [1.82, 2.24) is 9.55 Å². The van der Waals surface area contributed by atoms with Crippen molar-refractivity contribution >= 4 is 23.2 Å². The Labute approximate surface area is 123 Å². The lowest BCUT2D eigenvalue weighted by atomic mass is 10.2. The Morgan fingerprint density at radius 2 is 1.90 bits per heavy atom. The molecule has 3 rings (SSSR count). The summed E-state index contributed by atoms with van der Waals surface area (Å²) in [4.78, 5) is 8.99. The smallest absolute Gasteiger partial charge is 0.230 e. The minimum atomic E-state index is 0.674. The summed E-state index contributed by atoms with van der Waals surface area (Å²) < 4.78 is 7.41. The molecule has 0 aliphatic rings. The summed E-state index contributed by atoms with van der Waals surface area (Å²) >= 11 is 0. The van der Waals surface area contributed by atoms with Crippen molar-refractivity contribution in [3.63, 3.8) is 0 Å². The average Bonchev–Trinajstić information content (AvgIpc) is 2.84. The lowest BCUT2D eigenvalue weighted by Crippen LogP contribution is -1.91. The van der Waals surface area contributed by atoms with Crippen LogP contribution in [0.2, 0.25) is 0 Å². The molecule has 0 aliphatic heterocycles. The molecule has 0 saturated carbocycles. The molecule has 0 fully saturated rings. The zero-order valence-corrected chi connectivity index (χ0v) is 12.2. The van der Waals surface area contributed by atoms with E-state index in [4.69, 9.17) is 4.74 Å². The van der Waals surface area contributed by atoms with E-state index in [1.165, 1.54) is 0 Å². The lowest BCUT2D eigenvalue weighted by Gasteiger charge is -2.02. The molecule has 0 amide bonds. The van der Waals surface area contributed by atoms with Crippen LogP contribution in [0, 0.1) is 0 Å². The van der Waals surface area contributed by atoms with Crippen LogP contribution in [0.5, 0.6) is 5.75 Å². The van der Waals surface area contributed by atoms with Gasteiger partial charge in [0.15, 0.2) is 0 Å². The van der Waals surface area contributed by atoms with Gasteiger partial charge in [-0.1, -0.05) is 12.1 Å². The third-order valence-corrected chi connectivity index (χ3v) is 3.28. The van der Waals surface area contributed by atoms with Crippen molar-refractivity contribution in [2.45, 2.75) is 6.92 Å². The number of imidazole rings is 1. The second-order valence-electron chi connectivity index (χ2n) is 4.72. The molecule has 0 bridgehead atoms. The molecule has 0 atom stereocenters. The van der Waals surface area contributed by atoms with E-state index >= 15 is 0 Å². The number of para-hydroxylation sites is 2. The highest BCUT2D eigenvalue weighted by molar-refractivity contribution is 5.83. The zero-order valence-electron chi connectivity index (χ0n) is 12.2. The van der Waals surface area contributed by atoms with E-state index in [0.717, 1.165) is 22.3 Å². The summed E-state index contributed by atoms with van der Waals surface area (Å²) in [6.45, 7) is 2.65. The first kappa shape index (κ1) is 13.4. The van der Waals surface area contributed by atoms with Crippen molar-refractivity contribution in [1.29, 1.82) is 0 Å². The Hall–Kier alpha value is -2.62.